The number of allylic oxidation sites excluding steroid dienone is 8. The molecular formula is C24H32OZr. The monoisotopic (exact) mass is 426 g/mol. The molecule has 0 fully saturated rings. The summed E-state index contributed by atoms with van der Waals surface area (Å²) >= 11 is 1.51. The summed E-state index contributed by atoms with van der Waals surface area (Å²) in [4.78, 5) is 8.69. The third-order valence-corrected chi connectivity index (χ3v) is 5.85. The van der Waals surface area contributed by atoms with E-state index < -0.39 is 0 Å². The summed E-state index contributed by atoms with van der Waals surface area (Å²) in [6.45, 7) is 9.46. The summed E-state index contributed by atoms with van der Waals surface area (Å²) in [5.41, 5.74) is 6.76. The average Bonchev–Trinajstić information content (AvgIpc) is 3.27. The molecule has 2 atom stereocenters. The largest absolute Gasteiger partial charge is 0.343 e. The Labute approximate surface area is 175 Å². The fraction of sp³-hybridized carbons (Fsp3) is 0.500. The van der Waals surface area contributed by atoms with E-state index in [9.17, 15) is 0 Å². The Morgan fingerprint density at radius 1 is 0.962 bits per heavy atom. The third kappa shape index (κ3) is 5.16. The van der Waals surface area contributed by atoms with Crippen molar-refractivity contribution in [3.05, 3.63) is 60.4 Å². The van der Waals surface area contributed by atoms with Crippen LogP contribution in [0.2, 0.25) is 0 Å². The van der Waals surface area contributed by atoms with Crippen LogP contribution >= 0.6 is 0 Å². The molecule has 0 amide bonds. The van der Waals surface area contributed by atoms with Gasteiger partial charge in [0.15, 0.2) is 0 Å². The second-order valence-corrected chi connectivity index (χ2v) is 8.82. The molecule has 0 radical (unpaired) electrons. The van der Waals surface area contributed by atoms with Crippen LogP contribution in [-0.4, -0.2) is 10.00 Å². The van der Waals surface area contributed by atoms with E-state index in [0.717, 1.165) is 0 Å². The number of hydrogen-bond acceptors (Lipinski definition) is 1. The van der Waals surface area contributed by atoms with Crippen LogP contribution in [0.5, 0.6) is 0 Å². The molecule has 0 aromatic rings. The zero-order valence-electron chi connectivity index (χ0n) is 16.2. The molecule has 2 heteroatoms. The summed E-state index contributed by atoms with van der Waals surface area (Å²) < 4.78 is 2.09. The van der Waals surface area contributed by atoms with Gasteiger partial charge in [-0.15, -0.1) is 5.92 Å². The Bertz CT molecular complexity index is 566. The van der Waals surface area contributed by atoms with E-state index >= 15 is 0 Å². The molecule has 0 saturated carbocycles. The summed E-state index contributed by atoms with van der Waals surface area (Å²) in [6, 6.07) is 0. The normalized spacial score (nSPS) is 26.9. The van der Waals surface area contributed by atoms with Crippen molar-refractivity contribution in [2.45, 2.75) is 58.3 Å². The number of aldehydes is 1. The standard InChI is InChI=1S/C20H25.C2H3O.C2H4.Zr/c1-14(17-12-10-15-6-2-4-8-19(15)17)18-13-11-16-7-3-5-9-20(16)18;1-2-3;1-2;/h10-14,17-18H,1-9H2;2H,1H2;1H,2H3;/q2*-1;;+2. The minimum atomic E-state index is 0.500. The van der Waals surface area contributed by atoms with Gasteiger partial charge in [0, 0.05) is 0 Å². The zero-order chi connectivity index (χ0) is 18.9. The van der Waals surface area contributed by atoms with Crippen molar-refractivity contribution in [2.24, 2.45) is 17.8 Å². The fourth-order valence-electron chi connectivity index (χ4n) is 4.74. The maximum Gasteiger partial charge on any atom is -0.0180 e. The predicted octanol–water partition coefficient (Wildman–Crippen LogP) is 5.92. The molecule has 0 aromatic carbocycles. The van der Waals surface area contributed by atoms with Gasteiger partial charge in [0.05, 0.1) is 0 Å². The Hall–Kier alpha value is -0.747. The van der Waals surface area contributed by atoms with Crippen LogP contribution in [0, 0.1) is 31.6 Å². The van der Waals surface area contributed by atoms with Gasteiger partial charge >= 0.3 is 34.9 Å². The maximum atomic E-state index is 8.69. The van der Waals surface area contributed by atoms with Gasteiger partial charge in [0.25, 0.3) is 0 Å². The Morgan fingerprint density at radius 2 is 1.31 bits per heavy atom. The first-order valence-corrected chi connectivity index (χ1v) is 11.4. The van der Waals surface area contributed by atoms with Crippen LogP contribution in [0.15, 0.2) is 46.6 Å². The molecule has 4 aliphatic rings. The number of hydrogen-bond donors (Lipinski definition) is 0. The summed E-state index contributed by atoms with van der Waals surface area (Å²) in [5.74, 6) is 1.75. The van der Waals surface area contributed by atoms with Gasteiger partial charge in [-0.3, -0.25) is 0 Å². The SMILES string of the molecule is C[CH]=[Zr+2].[CH2-]C(C1C=CC2=C1CCCC2)C1C=CC2=C1CCCC2.[CH2-]C=O. The van der Waals surface area contributed by atoms with E-state index in [-0.39, 0.29) is 0 Å². The molecule has 0 heterocycles. The van der Waals surface area contributed by atoms with E-state index in [1.807, 2.05) is 6.92 Å². The van der Waals surface area contributed by atoms with Crippen LogP contribution in [0.1, 0.15) is 58.3 Å². The van der Waals surface area contributed by atoms with E-state index in [1.165, 1.54) is 75.6 Å². The quantitative estimate of drug-likeness (QED) is 0.394. The Morgan fingerprint density at radius 3 is 1.69 bits per heavy atom. The van der Waals surface area contributed by atoms with Gasteiger partial charge in [0.2, 0.25) is 0 Å². The number of carbonyl (C=O) groups excluding carboxylic acids is 1. The van der Waals surface area contributed by atoms with Gasteiger partial charge in [-0.25, -0.2) is 0 Å². The third-order valence-electron chi connectivity index (χ3n) is 5.85. The number of carbonyl (C=O) groups is 1. The maximum absolute atomic E-state index is 8.69. The zero-order valence-corrected chi connectivity index (χ0v) is 18.6. The van der Waals surface area contributed by atoms with E-state index in [1.54, 1.807) is 22.3 Å². The first kappa shape index (κ1) is 21.6. The van der Waals surface area contributed by atoms with E-state index in [0.29, 0.717) is 24.0 Å². The van der Waals surface area contributed by atoms with Gasteiger partial charge in [0.1, 0.15) is 0 Å². The minimum Gasteiger partial charge on any atom is -0.343 e. The molecule has 0 bridgehead atoms. The van der Waals surface area contributed by atoms with Crippen molar-refractivity contribution in [3.8, 4) is 0 Å². The molecule has 2 unspecified atom stereocenters. The van der Waals surface area contributed by atoms with Crippen LogP contribution < -0.4 is 0 Å². The number of rotatable bonds is 2. The molecule has 1 nitrogen and oxygen atoms in total. The topological polar surface area (TPSA) is 17.1 Å². The van der Waals surface area contributed by atoms with Crippen molar-refractivity contribution >= 4 is 10.00 Å². The summed E-state index contributed by atoms with van der Waals surface area (Å²) in [5, 5.41) is 0. The predicted molar refractivity (Wildman–Crippen MR) is 108 cm³/mol. The molecule has 26 heavy (non-hydrogen) atoms. The molecule has 0 aliphatic heterocycles. The van der Waals surface area contributed by atoms with Crippen molar-refractivity contribution in [3.63, 3.8) is 0 Å². The van der Waals surface area contributed by atoms with Gasteiger partial charge in [-0.2, -0.15) is 0 Å². The summed E-state index contributed by atoms with van der Waals surface area (Å²) in [7, 11) is 0. The molecular weight excluding hydrogens is 395 g/mol. The molecule has 0 N–H and O–H groups in total. The van der Waals surface area contributed by atoms with Crippen LogP contribution in [0.3, 0.4) is 0 Å². The molecule has 4 rings (SSSR count). The van der Waals surface area contributed by atoms with Crippen molar-refractivity contribution in [1.82, 2.24) is 0 Å². The summed E-state index contributed by atoms with van der Waals surface area (Å²) in [6.07, 6.45) is 21.0. The van der Waals surface area contributed by atoms with Gasteiger partial charge in [-0.05, 0) is 80.6 Å². The molecule has 4 aliphatic carbocycles. The fourth-order valence-corrected chi connectivity index (χ4v) is 4.74. The van der Waals surface area contributed by atoms with E-state index in [4.69, 9.17) is 4.79 Å². The van der Waals surface area contributed by atoms with Crippen molar-refractivity contribution in [1.29, 1.82) is 0 Å². The van der Waals surface area contributed by atoms with Crippen molar-refractivity contribution in [2.75, 3.05) is 0 Å². The second kappa shape index (κ2) is 11.2. The van der Waals surface area contributed by atoms with Crippen LogP contribution in [-0.2, 0) is 29.0 Å². The molecule has 0 saturated heterocycles. The molecule has 138 valence electrons. The van der Waals surface area contributed by atoms with Gasteiger partial charge in [-0.1, -0.05) is 35.5 Å². The van der Waals surface area contributed by atoms with E-state index in [2.05, 4.69) is 41.9 Å². The molecule has 0 aromatic heterocycles. The first-order valence-electron chi connectivity index (χ1n) is 9.99. The molecule has 0 spiro atoms. The smallest absolute Gasteiger partial charge is 0.0180 e. The second-order valence-electron chi connectivity index (χ2n) is 7.40. The Kier molecular flexibility index (Phi) is 9.26. The van der Waals surface area contributed by atoms with Gasteiger partial charge < -0.3 is 18.6 Å². The van der Waals surface area contributed by atoms with Crippen LogP contribution in [0.25, 0.3) is 0 Å². The average molecular weight is 428 g/mol. The Balaban J connectivity index is 0.000000361. The minimum absolute atomic E-state index is 0.500. The first-order chi connectivity index (χ1) is 12.7. The van der Waals surface area contributed by atoms with Crippen molar-refractivity contribution < 1.29 is 29.0 Å². The van der Waals surface area contributed by atoms with Crippen LogP contribution in [0.4, 0.5) is 0 Å².